The zero-order valence-electron chi connectivity index (χ0n) is 5.42. The molecule has 0 aromatic heterocycles. The van der Waals surface area contributed by atoms with Gasteiger partial charge in [-0.25, -0.2) is 5.84 Å². The highest BCUT2D eigenvalue weighted by atomic mass is 32.2. The van der Waals surface area contributed by atoms with Crippen LogP contribution in [-0.4, -0.2) is 4.52 Å². The number of nitrogens with one attached hydrogen (secondary N) is 1. The Morgan fingerprint density at radius 3 is 3.11 bits per heavy atom. The van der Waals surface area contributed by atoms with Crippen LogP contribution in [0.3, 0.4) is 0 Å². The zero-order valence-corrected chi connectivity index (χ0v) is 6.24. The summed E-state index contributed by atoms with van der Waals surface area (Å²) in [5.74, 6) is 5.39. The van der Waals surface area contributed by atoms with Crippen LogP contribution in [0, 0.1) is 0 Å². The summed E-state index contributed by atoms with van der Waals surface area (Å²) in [7, 11) is 0. The number of hydrogen-bond donors (Lipinski definition) is 2. The molecule has 0 radical (unpaired) electrons. The highest BCUT2D eigenvalue weighted by Crippen LogP contribution is 2.17. The predicted octanol–water partition coefficient (Wildman–Crippen LogP) is 0.970. The largest absolute Gasteiger partial charge is 0.299 e. The molecule has 1 heterocycles. The van der Waals surface area contributed by atoms with E-state index in [2.05, 4.69) is 12.3 Å². The van der Waals surface area contributed by atoms with Crippen molar-refractivity contribution in [1.82, 2.24) is 9.95 Å². The average molecular weight is 145 g/mol. The van der Waals surface area contributed by atoms with E-state index < -0.39 is 0 Å². The van der Waals surface area contributed by atoms with Gasteiger partial charge in [-0.15, -0.1) is 0 Å². The van der Waals surface area contributed by atoms with Crippen molar-refractivity contribution >= 4 is 11.9 Å². The van der Waals surface area contributed by atoms with Crippen molar-refractivity contribution in [2.75, 3.05) is 0 Å². The van der Waals surface area contributed by atoms with Gasteiger partial charge in [0.1, 0.15) is 0 Å². The number of hydrazine groups is 2. The van der Waals surface area contributed by atoms with Gasteiger partial charge >= 0.3 is 0 Å². The first-order valence-corrected chi connectivity index (χ1v) is 3.84. The van der Waals surface area contributed by atoms with Gasteiger partial charge in [0.2, 0.25) is 0 Å². The summed E-state index contributed by atoms with van der Waals surface area (Å²) in [6.07, 6.45) is 2.24. The molecule has 0 amide bonds. The summed E-state index contributed by atoms with van der Waals surface area (Å²) in [6, 6.07) is 0. The van der Waals surface area contributed by atoms with Crippen molar-refractivity contribution in [1.29, 1.82) is 0 Å². The van der Waals surface area contributed by atoms with Gasteiger partial charge in [0.05, 0.1) is 0 Å². The molecular formula is C5H11N3S. The van der Waals surface area contributed by atoms with Crippen molar-refractivity contribution in [3.63, 3.8) is 0 Å². The summed E-state index contributed by atoms with van der Waals surface area (Å²) in [5, 5.41) is 2.03. The van der Waals surface area contributed by atoms with Gasteiger partial charge in [-0.05, 0) is 18.4 Å². The van der Waals surface area contributed by atoms with Gasteiger partial charge in [0.15, 0.2) is 0 Å². The maximum atomic E-state index is 5.39. The van der Waals surface area contributed by atoms with E-state index >= 15 is 0 Å². The number of hydrogen-bond acceptors (Lipinski definition) is 4. The van der Waals surface area contributed by atoms with E-state index in [4.69, 9.17) is 5.84 Å². The first-order valence-electron chi connectivity index (χ1n) is 3.00. The number of allylic oxidation sites excluding steroid dienone is 1. The van der Waals surface area contributed by atoms with Crippen LogP contribution in [-0.2, 0) is 0 Å². The molecule has 0 saturated carbocycles. The summed E-state index contributed by atoms with van der Waals surface area (Å²) in [4.78, 5) is 0. The fourth-order valence-corrected chi connectivity index (χ4v) is 1.28. The smallest absolute Gasteiger partial charge is 0.0364 e. The molecule has 9 heavy (non-hydrogen) atoms. The first-order chi connectivity index (χ1) is 4.33. The van der Waals surface area contributed by atoms with Crippen LogP contribution in [0.15, 0.2) is 11.1 Å². The number of nitrogens with two attached hydrogens (primary N) is 1. The molecule has 0 atom stereocenters. The van der Waals surface area contributed by atoms with Crippen LogP contribution in [0.5, 0.6) is 0 Å². The Bertz CT molecular complexity index is 123. The number of nitrogens with zero attached hydrogens (tertiary/aromatic N) is 1. The minimum Gasteiger partial charge on any atom is -0.299 e. The van der Waals surface area contributed by atoms with Crippen molar-refractivity contribution in [3.05, 3.63) is 11.1 Å². The lowest BCUT2D eigenvalue weighted by molar-refractivity contribution is 0.414. The molecule has 1 aliphatic heterocycles. The maximum absolute atomic E-state index is 5.39. The molecule has 0 aliphatic carbocycles. The molecule has 0 aromatic rings. The fraction of sp³-hybridized carbons (Fsp3) is 0.600. The quantitative estimate of drug-likeness (QED) is 0.449. The van der Waals surface area contributed by atoms with Crippen molar-refractivity contribution in [2.24, 2.45) is 5.84 Å². The molecule has 4 heteroatoms. The zero-order chi connectivity index (χ0) is 6.69. The van der Waals surface area contributed by atoms with E-state index in [9.17, 15) is 0 Å². The summed E-state index contributed by atoms with van der Waals surface area (Å²) in [6.45, 7) is 2.15. The van der Waals surface area contributed by atoms with Gasteiger partial charge in [0, 0.05) is 11.1 Å². The summed E-state index contributed by atoms with van der Waals surface area (Å²) < 4.78 is 1.50. The Kier molecular flexibility index (Phi) is 2.38. The van der Waals surface area contributed by atoms with Crippen molar-refractivity contribution < 1.29 is 0 Å². The molecule has 3 N–H and O–H groups in total. The van der Waals surface area contributed by atoms with E-state index in [-0.39, 0.29) is 0 Å². The van der Waals surface area contributed by atoms with Crippen molar-refractivity contribution in [3.8, 4) is 0 Å². The van der Waals surface area contributed by atoms with Crippen LogP contribution in [0.1, 0.15) is 19.8 Å². The van der Waals surface area contributed by atoms with Gasteiger partial charge in [0.25, 0.3) is 0 Å². The van der Waals surface area contributed by atoms with E-state index in [0.29, 0.717) is 0 Å². The van der Waals surface area contributed by atoms with E-state index in [0.717, 1.165) is 12.8 Å². The molecule has 0 aromatic carbocycles. The highest BCUT2D eigenvalue weighted by Gasteiger charge is 2.07. The summed E-state index contributed by atoms with van der Waals surface area (Å²) in [5.41, 5.74) is 4.20. The molecule has 1 rings (SSSR count). The van der Waals surface area contributed by atoms with Crippen molar-refractivity contribution in [2.45, 2.75) is 19.8 Å². The lowest BCUT2D eigenvalue weighted by atomic mass is 10.3. The fourth-order valence-electron chi connectivity index (χ4n) is 0.699. The molecule has 0 bridgehead atoms. The second-order valence-corrected chi connectivity index (χ2v) is 2.78. The van der Waals surface area contributed by atoms with E-state index in [1.54, 1.807) is 0 Å². The third kappa shape index (κ3) is 1.89. The first kappa shape index (κ1) is 6.92. The molecular weight excluding hydrogens is 134 g/mol. The molecule has 0 spiro atoms. The normalized spacial score (nSPS) is 19.6. The van der Waals surface area contributed by atoms with E-state index in [1.807, 2.05) is 5.41 Å². The maximum Gasteiger partial charge on any atom is 0.0364 e. The molecule has 1 aliphatic rings. The topological polar surface area (TPSA) is 41.3 Å². The molecule has 0 fully saturated rings. The second-order valence-electron chi connectivity index (χ2n) is 1.94. The third-order valence-corrected chi connectivity index (χ3v) is 1.79. The Labute approximate surface area is 59.4 Å². The second kappa shape index (κ2) is 3.10. The van der Waals surface area contributed by atoms with Gasteiger partial charge < -0.3 is 0 Å². The third-order valence-electron chi connectivity index (χ3n) is 1.08. The van der Waals surface area contributed by atoms with Crippen LogP contribution >= 0.6 is 11.9 Å². The Morgan fingerprint density at radius 2 is 2.67 bits per heavy atom. The summed E-state index contributed by atoms with van der Waals surface area (Å²) >= 11 is 1.48. The average Bonchev–Trinajstić information content (AvgIpc) is 2.17. The lowest BCUT2D eigenvalue weighted by Crippen LogP contribution is -2.32. The highest BCUT2D eigenvalue weighted by molar-refractivity contribution is 8.00. The predicted molar refractivity (Wildman–Crippen MR) is 39.7 cm³/mol. The van der Waals surface area contributed by atoms with Crippen LogP contribution in [0.2, 0.25) is 0 Å². The van der Waals surface area contributed by atoms with Crippen LogP contribution < -0.4 is 11.3 Å². The standard InChI is InChI=1S/C5H11N3S/c1-2-3-5-4-9-8(6)7-5/h4,7H,2-3,6H2,1H3. The lowest BCUT2D eigenvalue weighted by Gasteiger charge is -2.07. The van der Waals surface area contributed by atoms with Gasteiger partial charge in [-0.2, -0.15) is 0 Å². The molecule has 3 nitrogen and oxygen atoms in total. The monoisotopic (exact) mass is 145 g/mol. The SMILES string of the molecule is CCCC1=CSN(N)N1. The molecule has 0 unspecified atom stereocenters. The number of rotatable bonds is 2. The Hall–Kier alpha value is -0.190. The van der Waals surface area contributed by atoms with E-state index in [1.165, 1.54) is 22.2 Å². The van der Waals surface area contributed by atoms with Gasteiger partial charge in [-0.3, -0.25) is 5.43 Å². The Balaban J connectivity index is 2.27. The minimum atomic E-state index is 1.08. The molecule has 52 valence electrons. The Morgan fingerprint density at radius 1 is 1.89 bits per heavy atom. The van der Waals surface area contributed by atoms with Crippen LogP contribution in [0.4, 0.5) is 0 Å². The van der Waals surface area contributed by atoms with Crippen LogP contribution in [0.25, 0.3) is 0 Å². The molecule has 0 saturated heterocycles. The van der Waals surface area contributed by atoms with Gasteiger partial charge in [-0.1, -0.05) is 17.9 Å². The minimum absolute atomic E-state index is 1.08.